The Kier molecular flexibility index (Phi) is 4.32. The summed E-state index contributed by atoms with van der Waals surface area (Å²) >= 11 is 0. The van der Waals surface area contributed by atoms with Gasteiger partial charge in [0.25, 0.3) is 0 Å². The molecule has 0 heterocycles. The Balaban J connectivity index is 2.00. The predicted octanol–water partition coefficient (Wildman–Crippen LogP) is 3.43. The van der Waals surface area contributed by atoms with Gasteiger partial charge >= 0.3 is 0 Å². The molecule has 1 fully saturated rings. The summed E-state index contributed by atoms with van der Waals surface area (Å²) in [7, 11) is 0. The van der Waals surface area contributed by atoms with Gasteiger partial charge in [-0.15, -0.1) is 0 Å². The van der Waals surface area contributed by atoms with Crippen molar-refractivity contribution in [1.82, 2.24) is 5.32 Å². The Morgan fingerprint density at radius 2 is 1.79 bits per heavy atom. The summed E-state index contributed by atoms with van der Waals surface area (Å²) in [6, 6.07) is 4.98. The number of nitrogens with one attached hydrogen (secondary N) is 1. The second-order valence-electron chi connectivity index (χ2n) is 6.37. The number of aliphatic hydroxyl groups is 1. The maximum atomic E-state index is 9.11. The van der Waals surface area contributed by atoms with Gasteiger partial charge in [0.1, 0.15) is 0 Å². The zero-order chi connectivity index (χ0) is 14.0. The molecule has 1 aliphatic carbocycles. The van der Waals surface area contributed by atoms with Crippen LogP contribution in [0.15, 0.2) is 12.1 Å². The van der Waals surface area contributed by atoms with E-state index in [0.717, 1.165) is 13.0 Å². The van der Waals surface area contributed by atoms with Crippen LogP contribution in [0.1, 0.15) is 54.5 Å². The Hall–Kier alpha value is -0.860. The highest BCUT2D eigenvalue weighted by Gasteiger charge is 2.41. The van der Waals surface area contributed by atoms with Gasteiger partial charge in [0.2, 0.25) is 0 Å². The Bertz CT molecular complexity index is 449. The van der Waals surface area contributed by atoms with E-state index < -0.39 is 0 Å². The lowest BCUT2D eigenvalue weighted by atomic mass is 9.95. The fraction of sp³-hybridized carbons (Fsp3) is 0.647. The molecule has 1 unspecified atom stereocenters. The van der Waals surface area contributed by atoms with Crippen LogP contribution in [0.4, 0.5) is 0 Å². The summed E-state index contributed by atoms with van der Waals surface area (Å²) in [4.78, 5) is 0. The predicted molar refractivity (Wildman–Crippen MR) is 80.4 cm³/mol. The fourth-order valence-corrected chi connectivity index (χ4v) is 2.86. The van der Waals surface area contributed by atoms with Crippen LogP contribution in [0.2, 0.25) is 0 Å². The van der Waals surface area contributed by atoms with E-state index in [9.17, 15) is 0 Å². The molecule has 106 valence electrons. The van der Waals surface area contributed by atoms with Crippen LogP contribution in [-0.2, 0) is 0 Å². The van der Waals surface area contributed by atoms with E-state index in [-0.39, 0.29) is 0 Å². The van der Waals surface area contributed by atoms with Crippen LogP contribution < -0.4 is 5.32 Å². The normalized spacial score (nSPS) is 18.4. The quantitative estimate of drug-likeness (QED) is 0.822. The highest BCUT2D eigenvalue weighted by Crippen LogP contribution is 2.48. The first-order chi connectivity index (χ1) is 8.97. The SMILES string of the molecule is Cc1cc(C)c(C(C)NCC2(CCO)CC2)cc1C. The molecule has 1 aromatic rings. The zero-order valence-electron chi connectivity index (χ0n) is 12.7. The summed E-state index contributed by atoms with van der Waals surface area (Å²) < 4.78 is 0. The molecule has 1 aliphatic rings. The van der Waals surface area contributed by atoms with E-state index in [4.69, 9.17) is 5.11 Å². The maximum absolute atomic E-state index is 9.11. The summed E-state index contributed by atoms with van der Waals surface area (Å²) in [5.74, 6) is 0. The average molecular weight is 261 g/mol. The number of rotatable bonds is 6. The van der Waals surface area contributed by atoms with Crippen molar-refractivity contribution in [2.75, 3.05) is 13.2 Å². The number of hydrogen-bond acceptors (Lipinski definition) is 2. The zero-order valence-corrected chi connectivity index (χ0v) is 12.7. The van der Waals surface area contributed by atoms with Crippen molar-refractivity contribution in [3.63, 3.8) is 0 Å². The summed E-state index contributed by atoms with van der Waals surface area (Å²) in [6.45, 7) is 10.1. The second kappa shape index (κ2) is 5.64. The molecule has 2 heteroatoms. The van der Waals surface area contributed by atoms with E-state index in [1.807, 2.05) is 0 Å². The van der Waals surface area contributed by atoms with E-state index >= 15 is 0 Å². The highest BCUT2D eigenvalue weighted by molar-refractivity contribution is 5.38. The molecule has 0 saturated heterocycles. The third-order valence-corrected chi connectivity index (χ3v) is 4.73. The van der Waals surface area contributed by atoms with Crippen molar-refractivity contribution in [3.05, 3.63) is 34.4 Å². The minimum absolute atomic E-state index is 0.318. The number of aryl methyl sites for hydroxylation is 3. The molecule has 0 spiro atoms. The van der Waals surface area contributed by atoms with E-state index in [1.165, 1.54) is 35.1 Å². The molecule has 0 aliphatic heterocycles. The van der Waals surface area contributed by atoms with Crippen molar-refractivity contribution >= 4 is 0 Å². The van der Waals surface area contributed by atoms with E-state index in [0.29, 0.717) is 18.1 Å². The van der Waals surface area contributed by atoms with Gasteiger partial charge in [-0.1, -0.05) is 12.1 Å². The van der Waals surface area contributed by atoms with Crippen LogP contribution in [0.5, 0.6) is 0 Å². The number of aliphatic hydroxyl groups excluding tert-OH is 1. The standard InChI is InChI=1S/C17H27NO/c1-12-9-14(3)16(10-13(12)2)15(4)18-11-17(5-6-17)7-8-19/h9-10,15,18-19H,5-8,11H2,1-4H3. The third kappa shape index (κ3) is 3.37. The molecule has 2 nitrogen and oxygen atoms in total. The molecule has 1 aromatic carbocycles. The van der Waals surface area contributed by atoms with E-state index in [2.05, 4.69) is 45.1 Å². The van der Waals surface area contributed by atoms with Gasteiger partial charge in [0.05, 0.1) is 0 Å². The first-order valence-corrected chi connectivity index (χ1v) is 7.39. The molecule has 2 rings (SSSR count). The van der Waals surface area contributed by atoms with Crippen molar-refractivity contribution in [3.8, 4) is 0 Å². The smallest absolute Gasteiger partial charge is 0.0436 e. The Morgan fingerprint density at radius 3 is 2.37 bits per heavy atom. The van der Waals surface area contributed by atoms with Gasteiger partial charge < -0.3 is 10.4 Å². The van der Waals surface area contributed by atoms with Crippen molar-refractivity contribution in [1.29, 1.82) is 0 Å². The lowest BCUT2D eigenvalue weighted by molar-refractivity contribution is 0.243. The molecule has 0 bridgehead atoms. The first kappa shape index (κ1) is 14.5. The average Bonchev–Trinajstić information content (AvgIpc) is 3.12. The Morgan fingerprint density at radius 1 is 1.16 bits per heavy atom. The van der Waals surface area contributed by atoms with Gasteiger partial charge in [-0.2, -0.15) is 0 Å². The van der Waals surface area contributed by atoms with Crippen LogP contribution in [0, 0.1) is 26.2 Å². The monoisotopic (exact) mass is 261 g/mol. The van der Waals surface area contributed by atoms with E-state index in [1.54, 1.807) is 0 Å². The summed E-state index contributed by atoms with van der Waals surface area (Å²) in [6.07, 6.45) is 3.47. The van der Waals surface area contributed by atoms with Crippen LogP contribution in [0.25, 0.3) is 0 Å². The number of hydrogen-bond donors (Lipinski definition) is 2. The summed E-state index contributed by atoms with van der Waals surface area (Å²) in [5.41, 5.74) is 5.90. The first-order valence-electron chi connectivity index (χ1n) is 7.39. The topological polar surface area (TPSA) is 32.3 Å². The van der Waals surface area contributed by atoms with Crippen LogP contribution in [0.3, 0.4) is 0 Å². The Labute approximate surface area is 117 Å². The van der Waals surface area contributed by atoms with Gasteiger partial charge in [0, 0.05) is 19.2 Å². The van der Waals surface area contributed by atoms with Crippen molar-refractivity contribution < 1.29 is 5.11 Å². The van der Waals surface area contributed by atoms with Gasteiger partial charge in [-0.05, 0) is 74.6 Å². The third-order valence-electron chi connectivity index (χ3n) is 4.73. The van der Waals surface area contributed by atoms with Crippen LogP contribution >= 0.6 is 0 Å². The van der Waals surface area contributed by atoms with Crippen molar-refractivity contribution in [2.45, 2.75) is 53.0 Å². The number of benzene rings is 1. The molecule has 0 radical (unpaired) electrons. The largest absolute Gasteiger partial charge is 0.396 e. The minimum atomic E-state index is 0.318. The van der Waals surface area contributed by atoms with Crippen molar-refractivity contribution in [2.24, 2.45) is 5.41 Å². The summed E-state index contributed by atoms with van der Waals surface area (Å²) in [5, 5.41) is 12.8. The molecular formula is C17H27NO. The lowest BCUT2D eigenvalue weighted by Crippen LogP contribution is -2.28. The molecule has 1 atom stereocenters. The molecule has 0 aromatic heterocycles. The van der Waals surface area contributed by atoms with Gasteiger partial charge in [-0.3, -0.25) is 0 Å². The molecule has 19 heavy (non-hydrogen) atoms. The second-order valence-corrected chi connectivity index (χ2v) is 6.37. The molecule has 2 N–H and O–H groups in total. The molecular weight excluding hydrogens is 234 g/mol. The van der Waals surface area contributed by atoms with Gasteiger partial charge in [-0.25, -0.2) is 0 Å². The van der Waals surface area contributed by atoms with Crippen LogP contribution in [-0.4, -0.2) is 18.3 Å². The fourth-order valence-electron chi connectivity index (χ4n) is 2.86. The molecule has 1 saturated carbocycles. The lowest BCUT2D eigenvalue weighted by Gasteiger charge is -2.22. The van der Waals surface area contributed by atoms with Gasteiger partial charge in [0.15, 0.2) is 0 Å². The highest BCUT2D eigenvalue weighted by atomic mass is 16.3. The molecule has 0 amide bonds. The minimum Gasteiger partial charge on any atom is -0.396 e. The maximum Gasteiger partial charge on any atom is 0.0436 e.